The van der Waals surface area contributed by atoms with Crippen LogP contribution in [0.5, 0.6) is 0 Å². The number of non-ortho nitro benzene ring substituents is 1. The minimum absolute atomic E-state index is 0.108. The lowest BCUT2D eigenvalue weighted by molar-refractivity contribution is -0.384. The zero-order chi connectivity index (χ0) is 22.1. The second-order valence-corrected chi connectivity index (χ2v) is 6.40. The quantitative estimate of drug-likeness (QED) is 0.262. The SMILES string of the molecule is CCOC(=O)/C=C/CC(c1ccc(F)cc1)C(C(=O)OC)c1ccc([N+](=O)[O-])cc1. The number of methoxy groups -OCH3 is 1. The van der Waals surface area contributed by atoms with Crippen LogP contribution in [-0.4, -0.2) is 30.6 Å². The molecule has 0 aliphatic carbocycles. The minimum atomic E-state index is -0.826. The summed E-state index contributed by atoms with van der Waals surface area (Å²) in [5.41, 5.74) is 1.05. The second kappa shape index (κ2) is 10.8. The maximum absolute atomic E-state index is 13.4. The number of nitro benzene ring substituents is 1. The molecule has 0 aliphatic heterocycles. The van der Waals surface area contributed by atoms with Crippen molar-refractivity contribution in [2.45, 2.75) is 25.2 Å². The van der Waals surface area contributed by atoms with Crippen molar-refractivity contribution in [3.05, 3.63) is 87.7 Å². The zero-order valence-electron chi connectivity index (χ0n) is 16.6. The highest BCUT2D eigenvalue weighted by Gasteiger charge is 2.32. The Morgan fingerprint density at radius 1 is 1.10 bits per heavy atom. The molecule has 0 fully saturated rings. The van der Waals surface area contributed by atoms with Gasteiger partial charge in [0.2, 0.25) is 0 Å². The van der Waals surface area contributed by atoms with E-state index in [-0.39, 0.29) is 18.7 Å². The first-order chi connectivity index (χ1) is 14.4. The lowest BCUT2D eigenvalue weighted by Gasteiger charge is -2.25. The molecule has 2 atom stereocenters. The lowest BCUT2D eigenvalue weighted by Crippen LogP contribution is -2.22. The molecule has 2 aromatic carbocycles. The molecule has 2 aromatic rings. The first-order valence-corrected chi connectivity index (χ1v) is 9.28. The average molecular weight is 415 g/mol. The van der Waals surface area contributed by atoms with Crippen molar-refractivity contribution in [3.63, 3.8) is 0 Å². The summed E-state index contributed by atoms with van der Waals surface area (Å²) in [7, 11) is 1.25. The van der Waals surface area contributed by atoms with E-state index in [4.69, 9.17) is 9.47 Å². The second-order valence-electron chi connectivity index (χ2n) is 6.40. The Balaban J connectivity index is 2.45. The number of carbonyl (C=O) groups is 2. The summed E-state index contributed by atoms with van der Waals surface area (Å²) in [6.45, 7) is 1.92. The number of hydrogen-bond donors (Lipinski definition) is 0. The van der Waals surface area contributed by atoms with Crippen molar-refractivity contribution in [2.24, 2.45) is 0 Å². The minimum Gasteiger partial charge on any atom is -0.469 e. The molecule has 0 bridgehead atoms. The number of esters is 2. The molecular weight excluding hydrogens is 393 g/mol. The maximum Gasteiger partial charge on any atom is 0.330 e. The normalized spacial score (nSPS) is 12.9. The van der Waals surface area contributed by atoms with Crippen molar-refractivity contribution < 1.29 is 28.4 Å². The molecule has 7 nitrogen and oxygen atoms in total. The highest BCUT2D eigenvalue weighted by molar-refractivity contribution is 5.82. The summed E-state index contributed by atoms with van der Waals surface area (Å²) in [4.78, 5) is 34.7. The summed E-state index contributed by atoms with van der Waals surface area (Å²) >= 11 is 0. The van der Waals surface area contributed by atoms with Crippen molar-refractivity contribution in [3.8, 4) is 0 Å². The van der Waals surface area contributed by atoms with Crippen molar-refractivity contribution in [2.75, 3.05) is 13.7 Å². The molecule has 0 amide bonds. The zero-order valence-corrected chi connectivity index (χ0v) is 16.6. The van der Waals surface area contributed by atoms with E-state index < -0.39 is 34.5 Å². The van der Waals surface area contributed by atoms with Crippen LogP contribution in [0.4, 0.5) is 10.1 Å². The maximum atomic E-state index is 13.4. The van der Waals surface area contributed by atoms with Crippen molar-refractivity contribution in [1.29, 1.82) is 0 Å². The van der Waals surface area contributed by atoms with Gasteiger partial charge in [0.15, 0.2) is 0 Å². The van der Waals surface area contributed by atoms with Crippen LogP contribution >= 0.6 is 0 Å². The number of allylic oxidation sites excluding steroid dienone is 1. The fraction of sp³-hybridized carbons (Fsp3) is 0.273. The van der Waals surface area contributed by atoms with Gasteiger partial charge in [-0.15, -0.1) is 0 Å². The number of carbonyl (C=O) groups excluding carboxylic acids is 2. The smallest absolute Gasteiger partial charge is 0.330 e. The standard InChI is InChI=1S/C22H22FNO6/c1-3-30-20(25)6-4-5-19(15-7-11-17(23)12-8-15)21(22(26)29-2)16-9-13-18(14-10-16)24(27)28/h4,6-14,19,21H,3,5H2,1-2H3/b6-4+. The summed E-state index contributed by atoms with van der Waals surface area (Å²) < 4.78 is 23.3. The molecule has 0 aliphatic rings. The highest BCUT2D eigenvalue weighted by Crippen LogP contribution is 2.37. The Kier molecular flexibility index (Phi) is 8.22. The van der Waals surface area contributed by atoms with Crippen LogP contribution in [0, 0.1) is 15.9 Å². The molecular formula is C22H22FNO6. The Morgan fingerprint density at radius 2 is 1.70 bits per heavy atom. The van der Waals surface area contributed by atoms with Crippen LogP contribution in [0.3, 0.4) is 0 Å². The first kappa shape index (κ1) is 22.7. The summed E-state index contributed by atoms with van der Waals surface area (Å²) in [5, 5.41) is 10.9. The first-order valence-electron chi connectivity index (χ1n) is 9.28. The average Bonchev–Trinajstić information content (AvgIpc) is 2.74. The number of rotatable bonds is 9. The van der Waals surface area contributed by atoms with Crippen LogP contribution in [0.2, 0.25) is 0 Å². The van der Waals surface area contributed by atoms with Gasteiger partial charge in [0, 0.05) is 24.1 Å². The third-order valence-corrected chi connectivity index (χ3v) is 4.55. The number of ether oxygens (including phenoxy) is 2. The van der Waals surface area contributed by atoms with Crippen molar-refractivity contribution >= 4 is 17.6 Å². The summed E-state index contributed by atoms with van der Waals surface area (Å²) in [5.74, 6) is -2.83. The van der Waals surface area contributed by atoms with Gasteiger partial charge in [-0.1, -0.05) is 30.3 Å². The molecule has 158 valence electrons. The van der Waals surface area contributed by atoms with Crippen molar-refractivity contribution in [1.82, 2.24) is 0 Å². The van der Waals surface area contributed by atoms with Gasteiger partial charge < -0.3 is 9.47 Å². The monoisotopic (exact) mass is 415 g/mol. The van der Waals surface area contributed by atoms with E-state index in [0.717, 1.165) is 0 Å². The van der Waals surface area contributed by atoms with Crippen LogP contribution in [-0.2, 0) is 19.1 Å². The third-order valence-electron chi connectivity index (χ3n) is 4.55. The Bertz CT molecular complexity index is 908. The fourth-order valence-corrected chi connectivity index (χ4v) is 3.14. The molecule has 2 rings (SSSR count). The molecule has 2 unspecified atom stereocenters. The summed E-state index contributed by atoms with van der Waals surface area (Å²) in [6, 6.07) is 11.3. The van der Waals surface area contributed by atoms with Crippen LogP contribution in [0.1, 0.15) is 36.3 Å². The molecule has 0 saturated heterocycles. The molecule has 8 heteroatoms. The fourth-order valence-electron chi connectivity index (χ4n) is 3.14. The number of nitro groups is 1. The van der Waals surface area contributed by atoms with E-state index in [1.165, 1.54) is 49.6 Å². The van der Waals surface area contributed by atoms with E-state index in [2.05, 4.69) is 0 Å². The molecule has 30 heavy (non-hydrogen) atoms. The van der Waals surface area contributed by atoms with Gasteiger partial charge in [0.25, 0.3) is 5.69 Å². The third kappa shape index (κ3) is 5.97. The van der Waals surface area contributed by atoms with Gasteiger partial charge in [0.1, 0.15) is 5.82 Å². The molecule has 0 heterocycles. The van der Waals surface area contributed by atoms with E-state index >= 15 is 0 Å². The molecule has 0 radical (unpaired) electrons. The molecule has 0 saturated carbocycles. The predicted octanol–water partition coefficient (Wildman–Crippen LogP) is 4.28. The van der Waals surface area contributed by atoms with E-state index in [9.17, 15) is 24.1 Å². The number of halogens is 1. The lowest BCUT2D eigenvalue weighted by atomic mass is 9.79. The van der Waals surface area contributed by atoms with Gasteiger partial charge in [-0.25, -0.2) is 9.18 Å². The largest absolute Gasteiger partial charge is 0.469 e. The number of nitrogens with zero attached hydrogens (tertiary/aromatic N) is 1. The van der Waals surface area contributed by atoms with Gasteiger partial charge in [-0.05, 0) is 36.6 Å². The van der Waals surface area contributed by atoms with Gasteiger partial charge in [-0.2, -0.15) is 0 Å². The molecule has 0 N–H and O–H groups in total. The van der Waals surface area contributed by atoms with E-state index in [1.54, 1.807) is 25.1 Å². The van der Waals surface area contributed by atoms with Gasteiger partial charge in [0.05, 0.1) is 24.6 Å². The van der Waals surface area contributed by atoms with E-state index in [1.807, 2.05) is 0 Å². The van der Waals surface area contributed by atoms with Gasteiger partial charge in [-0.3, -0.25) is 14.9 Å². The Labute approximate surface area is 173 Å². The van der Waals surface area contributed by atoms with Gasteiger partial charge >= 0.3 is 11.9 Å². The Hall–Kier alpha value is -3.55. The Morgan fingerprint density at radius 3 is 2.23 bits per heavy atom. The van der Waals surface area contributed by atoms with Crippen LogP contribution in [0.25, 0.3) is 0 Å². The van der Waals surface area contributed by atoms with E-state index in [0.29, 0.717) is 11.1 Å². The topological polar surface area (TPSA) is 95.7 Å². The molecule has 0 aromatic heterocycles. The predicted molar refractivity (Wildman–Crippen MR) is 107 cm³/mol. The summed E-state index contributed by atoms with van der Waals surface area (Å²) in [6.07, 6.45) is 3.10. The molecule has 0 spiro atoms. The number of benzene rings is 2. The highest BCUT2D eigenvalue weighted by atomic mass is 19.1. The van der Waals surface area contributed by atoms with Crippen LogP contribution in [0.15, 0.2) is 60.7 Å². The van der Waals surface area contributed by atoms with Crippen LogP contribution < -0.4 is 0 Å². The number of hydrogen-bond acceptors (Lipinski definition) is 6.